The van der Waals surface area contributed by atoms with Gasteiger partial charge < -0.3 is 10.6 Å². The number of hydrogen-bond donors (Lipinski definition) is 2. The molecule has 4 nitrogen and oxygen atoms in total. The number of rotatable bonds is 4. The van der Waals surface area contributed by atoms with Crippen LogP contribution in [0.3, 0.4) is 0 Å². The predicted molar refractivity (Wildman–Crippen MR) is 93.4 cm³/mol. The van der Waals surface area contributed by atoms with Crippen LogP contribution in [0.25, 0.3) is 0 Å². The molecule has 0 spiro atoms. The van der Waals surface area contributed by atoms with E-state index in [1.165, 1.54) is 6.07 Å². The van der Waals surface area contributed by atoms with Gasteiger partial charge in [-0.3, -0.25) is 9.69 Å². The van der Waals surface area contributed by atoms with Crippen LogP contribution in [-0.4, -0.2) is 37.0 Å². The van der Waals surface area contributed by atoms with Gasteiger partial charge in [0, 0.05) is 31.4 Å². The largest absolute Gasteiger partial charge is 0.325 e. The first-order valence-electron chi connectivity index (χ1n) is 8.18. The van der Waals surface area contributed by atoms with Crippen LogP contribution < -0.4 is 10.6 Å². The lowest BCUT2D eigenvalue weighted by Crippen LogP contribution is -2.48. The van der Waals surface area contributed by atoms with Crippen LogP contribution in [0.2, 0.25) is 0 Å². The second-order valence-electron chi connectivity index (χ2n) is 6.16. The molecule has 0 aromatic heterocycles. The zero-order chi connectivity index (χ0) is 16.9. The molecule has 0 radical (unpaired) electrons. The van der Waals surface area contributed by atoms with Gasteiger partial charge in [0.15, 0.2) is 0 Å². The Morgan fingerprint density at radius 1 is 1.29 bits per heavy atom. The van der Waals surface area contributed by atoms with Crippen molar-refractivity contribution < 1.29 is 9.18 Å². The van der Waals surface area contributed by atoms with Gasteiger partial charge in [-0.15, -0.1) is 0 Å². The van der Waals surface area contributed by atoms with Crippen LogP contribution >= 0.6 is 0 Å². The van der Waals surface area contributed by atoms with Gasteiger partial charge in [0.25, 0.3) is 0 Å². The second kappa shape index (κ2) is 7.55. The molecule has 3 rings (SSSR count). The number of carbonyl (C=O) groups excluding carboxylic acids is 1. The first-order chi connectivity index (χ1) is 11.6. The Hall–Kier alpha value is -2.24. The molecule has 1 aliphatic heterocycles. The number of hydrogen-bond acceptors (Lipinski definition) is 3. The van der Waals surface area contributed by atoms with Crippen molar-refractivity contribution >= 4 is 11.6 Å². The molecular weight excluding hydrogens is 305 g/mol. The third-order valence-corrected chi connectivity index (χ3v) is 4.24. The van der Waals surface area contributed by atoms with Gasteiger partial charge in [0.05, 0.1) is 6.54 Å². The van der Waals surface area contributed by atoms with E-state index in [-0.39, 0.29) is 24.3 Å². The summed E-state index contributed by atoms with van der Waals surface area (Å²) in [6.45, 7) is 4.57. The molecular formula is C19H22FN3O. The maximum atomic E-state index is 13.5. The van der Waals surface area contributed by atoms with Crippen molar-refractivity contribution in [3.05, 3.63) is 65.5 Å². The summed E-state index contributed by atoms with van der Waals surface area (Å²) in [7, 11) is 0. The summed E-state index contributed by atoms with van der Waals surface area (Å²) in [6, 6.07) is 14.3. The Kier molecular flexibility index (Phi) is 5.23. The molecule has 0 aliphatic carbocycles. The fraction of sp³-hybridized carbons (Fsp3) is 0.316. The molecule has 24 heavy (non-hydrogen) atoms. The zero-order valence-electron chi connectivity index (χ0n) is 13.8. The first-order valence-corrected chi connectivity index (χ1v) is 8.18. The molecule has 2 N–H and O–H groups in total. The fourth-order valence-electron chi connectivity index (χ4n) is 3.09. The lowest BCUT2D eigenvalue weighted by molar-refractivity contribution is -0.118. The summed E-state index contributed by atoms with van der Waals surface area (Å²) in [5.41, 5.74) is 2.80. The van der Waals surface area contributed by atoms with Crippen molar-refractivity contribution in [2.75, 3.05) is 31.5 Å². The van der Waals surface area contributed by atoms with Crippen LogP contribution in [0.4, 0.5) is 10.1 Å². The molecule has 0 bridgehead atoms. The lowest BCUT2D eigenvalue weighted by Gasteiger charge is -2.36. The molecule has 2 aromatic rings. The van der Waals surface area contributed by atoms with Crippen molar-refractivity contribution in [1.82, 2.24) is 10.2 Å². The Bertz CT molecular complexity index is 719. The number of anilines is 1. The normalized spacial score (nSPS) is 18.3. The number of carbonyl (C=O) groups is 1. The van der Waals surface area contributed by atoms with E-state index in [2.05, 4.69) is 15.5 Å². The van der Waals surface area contributed by atoms with Crippen LogP contribution in [0.1, 0.15) is 17.2 Å². The van der Waals surface area contributed by atoms with Gasteiger partial charge >= 0.3 is 0 Å². The quantitative estimate of drug-likeness (QED) is 0.907. The molecule has 1 amide bonds. The average Bonchev–Trinajstić information content (AvgIpc) is 2.55. The van der Waals surface area contributed by atoms with Gasteiger partial charge in [0.2, 0.25) is 5.91 Å². The molecule has 2 aromatic carbocycles. The number of nitrogens with one attached hydrogen (secondary N) is 2. The molecule has 1 saturated heterocycles. The smallest absolute Gasteiger partial charge is 0.238 e. The van der Waals surface area contributed by atoms with E-state index in [0.29, 0.717) is 6.54 Å². The van der Waals surface area contributed by atoms with E-state index < -0.39 is 0 Å². The molecule has 5 heteroatoms. The fourth-order valence-corrected chi connectivity index (χ4v) is 3.09. The highest BCUT2D eigenvalue weighted by Gasteiger charge is 2.25. The number of halogens is 1. The van der Waals surface area contributed by atoms with Gasteiger partial charge in [-0.25, -0.2) is 4.39 Å². The third-order valence-electron chi connectivity index (χ3n) is 4.24. The van der Waals surface area contributed by atoms with Crippen molar-refractivity contribution in [2.24, 2.45) is 0 Å². The molecule has 1 aliphatic rings. The van der Waals surface area contributed by atoms with Crippen molar-refractivity contribution in [3.8, 4) is 0 Å². The minimum absolute atomic E-state index is 0.00212. The van der Waals surface area contributed by atoms with Crippen molar-refractivity contribution in [1.29, 1.82) is 0 Å². The minimum Gasteiger partial charge on any atom is -0.325 e. The van der Waals surface area contributed by atoms with Crippen LogP contribution in [0, 0.1) is 12.7 Å². The number of nitrogens with zero attached hydrogens (tertiary/aromatic N) is 1. The Balaban J connectivity index is 1.68. The van der Waals surface area contributed by atoms with E-state index in [9.17, 15) is 9.18 Å². The number of aryl methyl sites for hydroxylation is 1. The molecule has 1 heterocycles. The van der Waals surface area contributed by atoms with Gasteiger partial charge in [-0.1, -0.05) is 24.3 Å². The van der Waals surface area contributed by atoms with E-state index in [0.717, 1.165) is 29.9 Å². The topological polar surface area (TPSA) is 44.4 Å². The maximum absolute atomic E-state index is 13.5. The standard InChI is InChI=1S/C19H22FN3O/c1-14-4-2-7-17(10-14)22-19(24)13-23-9-8-21-12-18(23)15-5-3-6-16(20)11-15/h2-7,10-11,18,21H,8-9,12-13H2,1H3,(H,22,24). The minimum atomic E-state index is -0.248. The lowest BCUT2D eigenvalue weighted by atomic mass is 10.0. The zero-order valence-corrected chi connectivity index (χ0v) is 13.8. The Morgan fingerprint density at radius 3 is 2.92 bits per heavy atom. The summed E-state index contributed by atoms with van der Waals surface area (Å²) in [5.74, 6) is -0.300. The first kappa shape index (κ1) is 16.6. The monoisotopic (exact) mass is 327 g/mol. The van der Waals surface area contributed by atoms with Crippen LogP contribution in [0.5, 0.6) is 0 Å². The average molecular weight is 327 g/mol. The van der Waals surface area contributed by atoms with E-state index in [4.69, 9.17) is 0 Å². The van der Waals surface area contributed by atoms with Crippen molar-refractivity contribution in [3.63, 3.8) is 0 Å². The highest BCUT2D eigenvalue weighted by atomic mass is 19.1. The molecule has 1 unspecified atom stereocenters. The summed E-state index contributed by atoms with van der Waals surface area (Å²) in [6.07, 6.45) is 0. The van der Waals surface area contributed by atoms with Gasteiger partial charge in [-0.05, 0) is 42.3 Å². The van der Waals surface area contributed by atoms with E-state index in [1.54, 1.807) is 12.1 Å². The summed E-state index contributed by atoms with van der Waals surface area (Å²) >= 11 is 0. The second-order valence-corrected chi connectivity index (χ2v) is 6.16. The van der Waals surface area contributed by atoms with Crippen LogP contribution in [-0.2, 0) is 4.79 Å². The van der Waals surface area contributed by atoms with E-state index >= 15 is 0 Å². The van der Waals surface area contributed by atoms with Gasteiger partial charge in [0.1, 0.15) is 5.82 Å². The SMILES string of the molecule is Cc1cccc(NC(=O)CN2CCNCC2c2cccc(F)c2)c1. The summed E-state index contributed by atoms with van der Waals surface area (Å²) in [5, 5.41) is 6.26. The van der Waals surface area contributed by atoms with Crippen LogP contribution in [0.15, 0.2) is 48.5 Å². The Labute approximate surface area is 141 Å². The highest BCUT2D eigenvalue weighted by Crippen LogP contribution is 2.22. The Morgan fingerprint density at radius 2 is 2.12 bits per heavy atom. The maximum Gasteiger partial charge on any atom is 0.238 e. The third kappa shape index (κ3) is 4.19. The number of benzene rings is 2. The highest BCUT2D eigenvalue weighted by molar-refractivity contribution is 5.92. The molecule has 1 fully saturated rings. The van der Waals surface area contributed by atoms with Gasteiger partial charge in [-0.2, -0.15) is 0 Å². The molecule has 1 atom stereocenters. The molecule has 126 valence electrons. The summed E-state index contributed by atoms with van der Waals surface area (Å²) in [4.78, 5) is 14.5. The summed E-state index contributed by atoms with van der Waals surface area (Å²) < 4.78 is 13.5. The molecule has 0 saturated carbocycles. The predicted octanol–water partition coefficient (Wildman–Crippen LogP) is 2.72. The van der Waals surface area contributed by atoms with Crippen molar-refractivity contribution in [2.45, 2.75) is 13.0 Å². The number of amides is 1. The number of piperazine rings is 1. The van der Waals surface area contributed by atoms with E-state index in [1.807, 2.05) is 37.3 Å².